The first-order valence-corrected chi connectivity index (χ1v) is 12.5. The summed E-state index contributed by atoms with van der Waals surface area (Å²) in [6.45, 7) is 6.34. The third kappa shape index (κ3) is 3.89. The number of ether oxygens (including phenoxy) is 2. The first-order valence-electron chi connectivity index (χ1n) is 12.5. The fourth-order valence-electron chi connectivity index (χ4n) is 7.49. The Morgan fingerprint density at radius 1 is 1.05 bits per heavy atom. The molecule has 2 bridgehead atoms. The maximum absolute atomic E-state index is 13.4. The number of fused-ring (bicyclic) bond motifs is 5. The van der Waals surface area contributed by atoms with Gasteiger partial charge >= 0.3 is 5.97 Å². The van der Waals surface area contributed by atoms with E-state index in [0.29, 0.717) is 5.57 Å². The summed E-state index contributed by atoms with van der Waals surface area (Å²) < 4.78 is 11.6. The number of hydrogen-bond donors (Lipinski definition) is 6. The van der Waals surface area contributed by atoms with Crippen LogP contribution in [0.3, 0.4) is 0 Å². The molecular formula is C27H36AcO9. The van der Waals surface area contributed by atoms with Crippen molar-refractivity contribution in [1.82, 2.24) is 0 Å². The normalized spacial score (nSPS) is 46.3. The van der Waals surface area contributed by atoms with Crippen LogP contribution in [0.5, 0.6) is 0 Å². The Hall–Kier alpha value is -0.408. The molecule has 1 aromatic carbocycles. The topological polar surface area (TPSA) is 157 Å². The molecule has 37 heavy (non-hydrogen) atoms. The minimum atomic E-state index is -1.98. The number of carbonyl (C=O) groups is 1. The Morgan fingerprint density at radius 3 is 2.24 bits per heavy atom. The van der Waals surface area contributed by atoms with Crippen LogP contribution in [0, 0.1) is 60.8 Å². The van der Waals surface area contributed by atoms with Crippen molar-refractivity contribution in [1.29, 1.82) is 0 Å². The van der Waals surface area contributed by atoms with Gasteiger partial charge in [0.25, 0.3) is 0 Å². The van der Waals surface area contributed by atoms with Crippen LogP contribution in [0.15, 0.2) is 41.5 Å². The van der Waals surface area contributed by atoms with Gasteiger partial charge in [0.1, 0.15) is 23.4 Å². The van der Waals surface area contributed by atoms with Crippen LogP contribution >= 0.6 is 0 Å². The van der Waals surface area contributed by atoms with Crippen molar-refractivity contribution in [3.05, 3.63) is 47.0 Å². The van der Waals surface area contributed by atoms with Gasteiger partial charge < -0.3 is 40.1 Å². The Balaban J connectivity index is 0.00000320. The van der Waals surface area contributed by atoms with E-state index < -0.39 is 70.5 Å². The van der Waals surface area contributed by atoms with Gasteiger partial charge in [-0.1, -0.05) is 39.0 Å². The molecule has 201 valence electrons. The van der Waals surface area contributed by atoms with Crippen molar-refractivity contribution in [2.45, 2.75) is 88.4 Å². The number of esters is 1. The van der Waals surface area contributed by atoms with Crippen molar-refractivity contribution in [3.63, 3.8) is 0 Å². The summed E-state index contributed by atoms with van der Waals surface area (Å²) in [5.74, 6) is -1.99. The number of carbonyl (C=O) groups excluding carboxylic acids is 1. The molecule has 4 aliphatic rings. The fraction of sp³-hybridized carbons (Fsp3) is 0.667. The molecule has 0 spiro atoms. The van der Waals surface area contributed by atoms with Gasteiger partial charge in [0, 0.05) is 73.7 Å². The van der Waals surface area contributed by atoms with Crippen LogP contribution < -0.4 is 0 Å². The molecule has 0 aromatic heterocycles. The second-order valence-corrected chi connectivity index (χ2v) is 11.8. The largest absolute Gasteiger partial charge is 0.455 e. The maximum atomic E-state index is 13.4. The molecule has 6 N–H and O–H groups in total. The monoisotopic (exact) mass is 731 g/mol. The van der Waals surface area contributed by atoms with Crippen LogP contribution in [-0.4, -0.2) is 91.0 Å². The molecule has 10 heteroatoms. The van der Waals surface area contributed by atoms with Crippen molar-refractivity contribution in [3.8, 4) is 0 Å². The smallest absolute Gasteiger partial charge is 0.338 e. The molecule has 9 unspecified atom stereocenters. The molecule has 10 atom stereocenters. The zero-order valence-electron chi connectivity index (χ0n) is 21.5. The molecule has 1 aliphatic heterocycles. The van der Waals surface area contributed by atoms with Gasteiger partial charge in [-0.3, -0.25) is 0 Å². The summed E-state index contributed by atoms with van der Waals surface area (Å²) in [5.41, 5.74) is -5.70. The Bertz CT molecular complexity index is 1090. The van der Waals surface area contributed by atoms with E-state index in [1.54, 1.807) is 51.1 Å². The molecule has 5 rings (SSSR count). The van der Waals surface area contributed by atoms with Gasteiger partial charge in [-0.15, -0.1) is 0 Å². The number of hydrogen-bond acceptors (Lipinski definition) is 9. The number of benzene rings is 1. The molecule has 3 aliphatic carbocycles. The summed E-state index contributed by atoms with van der Waals surface area (Å²) in [4.78, 5) is 13.4. The number of aliphatic hydroxyl groups is 6. The third-order valence-corrected chi connectivity index (χ3v) is 9.87. The minimum Gasteiger partial charge on any atom is -0.455 e. The average molecular weight is 732 g/mol. The van der Waals surface area contributed by atoms with E-state index in [1.807, 2.05) is 0 Å². The van der Waals surface area contributed by atoms with E-state index in [4.69, 9.17) is 9.47 Å². The predicted octanol–water partition coefficient (Wildman–Crippen LogP) is 0.303. The van der Waals surface area contributed by atoms with Gasteiger partial charge in [-0.05, 0) is 30.2 Å². The average Bonchev–Trinajstić information content (AvgIpc) is 2.83. The van der Waals surface area contributed by atoms with E-state index in [0.717, 1.165) is 0 Å². The maximum Gasteiger partial charge on any atom is 0.338 e. The first kappa shape index (κ1) is 29.6. The van der Waals surface area contributed by atoms with Crippen LogP contribution in [-0.2, 0) is 9.47 Å². The molecule has 2 saturated carbocycles. The molecule has 1 radical (unpaired) electrons. The molecule has 1 saturated heterocycles. The van der Waals surface area contributed by atoms with E-state index in [1.165, 1.54) is 6.92 Å². The number of aliphatic hydroxyl groups excluding tert-OH is 4. The van der Waals surface area contributed by atoms with Crippen LogP contribution in [0.1, 0.15) is 50.9 Å². The Kier molecular flexibility index (Phi) is 7.68. The zero-order valence-corrected chi connectivity index (χ0v) is 26.3. The summed E-state index contributed by atoms with van der Waals surface area (Å²) in [7, 11) is 0. The number of rotatable bonds is 2. The summed E-state index contributed by atoms with van der Waals surface area (Å²) in [6.07, 6.45) is -8.16. The second kappa shape index (κ2) is 9.60. The van der Waals surface area contributed by atoms with Gasteiger partial charge in [0.2, 0.25) is 0 Å². The minimum absolute atomic E-state index is 0. The van der Waals surface area contributed by atoms with Crippen molar-refractivity contribution >= 4 is 5.97 Å². The quantitative estimate of drug-likeness (QED) is 0.186. The zero-order chi connectivity index (χ0) is 26.4. The van der Waals surface area contributed by atoms with Gasteiger partial charge in [-0.2, -0.15) is 0 Å². The van der Waals surface area contributed by atoms with Crippen LogP contribution in [0.25, 0.3) is 0 Å². The molecular weight excluding hydrogens is 695 g/mol. The van der Waals surface area contributed by atoms with Gasteiger partial charge in [-0.25, -0.2) is 4.79 Å². The molecule has 3 fully saturated rings. The van der Waals surface area contributed by atoms with Crippen molar-refractivity contribution in [2.24, 2.45) is 16.7 Å². The van der Waals surface area contributed by atoms with Crippen LogP contribution in [0.2, 0.25) is 0 Å². The molecule has 9 nitrogen and oxygen atoms in total. The third-order valence-electron chi connectivity index (χ3n) is 9.87. The van der Waals surface area contributed by atoms with E-state index in [9.17, 15) is 35.4 Å². The Labute approximate surface area is 252 Å². The molecule has 1 heterocycles. The van der Waals surface area contributed by atoms with E-state index >= 15 is 0 Å². The molecule has 0 amide bonds. The van der Waals surface area contributed by atoms with Crippen LogP contribution in [0.4, 0.5) is 0 Å². The van der Waals surface area contributed by atoms with Gasteiger partial charge in [0.15, 0.2) is 0 Å². The summed E-state index contributed by atoms with van der Waals surface area (Å²) >= 11 is 0. The van der Waals surface area contributed by atoms with Gasteiger partial charge in [0.05, 0.1) is 36.6 Å². The standard InChI is InChI=1S/C27H36O9.Ac/c1-13-15(28)11-27(34)22(36-23(32)14-8-6-5-7-9-14)20-25(4,16(29)10-17-26(20,33)12-35-17)21(31)19(30)18(13)24(27,2)3;/h5-9,15-17,19-22,28-31,33-34H,10-12H2,1-4H3;/t15?,16?,17?,19?,20?,21?,22?,25-,26?,27?;/m1./s1. The molecule has 1 aromatic rings. The predicted molar refractivity (Wildman–Crippen MR) is 127 cm³/mol. The SMILES string of the molecule is CC1=C2C(O)C(O)[C@]3(C)C(O)CC4OCC4(O)C3C(OC(=O)c3ccccc3)C(O)(CC1O)C2(C)C.[Ac]. The first-order chi connectivity index (χ1) is 16.7. The van der Waals surface area contributed by atoms with E-state index in [-0.39, 0.29) is 74.6 Å². The van der Waals surface area contributed by atoms with Crippen molar-refractivity contribution < 1.29 is 89.0 Å². The summed E-state index contributed by atoms with van der Waals surface area (Å²) in [6, 6.07) is 8.19. The summed E-state index contributed by atoms with van der Waals surface area (Å²) in [5, 5.41) is 69.8. The Morgan fingerprint density at radius 2 is 1.68 bits per heavy atom. The second-order valence-electron chi connectivity index (χ2n) is 11.8. The van der Waals surface area contributed by atoms with Crippen molar-refractivity contribution in [2.75, 3.05) is 6.61 Å². The fourth-order valence-corrected chi connectivity index (χ4v) is 7.49. The van der Waals surface area contributed by atoms with E-state index in [2.05, 4.69) is 0 Å².